The van der Waals surface area contributed by atoms with E-state index >= 15 is 0 Å². The molecule has 1 amide bonds. The van der Waals surface area contributed by atoms with Gasteiger partial charge in [-0.3, -0.25) is 4.79 Å². The van der Waals surface area contributed by atoms with E-state index in [2.05, 4.69) is 21.2 Å². The molecule has 0 unspecified atom stereocenters. The fourth-order valence-electron chi connectivity index (χ4n) is 2.13. The number of nitrogens with zero attached hydrogens (tertiary/aromatic N) is 1. The summed E-state index contributed by atoms with van der Waals surface area (Å²) in [7, 11) is 1.36. The molecule has 0 saturated heterocycles. The van der Waals surface area contributed by atoms with Gasteiger partial charge in [0.15, 0.2) is 18.1 Å². The molecule has 28 heavy (non-hydrogen) atoms. The van der Waals surface area contributed by atoms with Crippen LogP contribution in [-0.2, 0) is 9.59 Å². The third-order valence-corrected chi connectivity index (χ3v) is 4.11. The third kappa shape index (κ3) is 5.31. The Bertz CT molecular complexity index is 985. The summed E-state index contributed by atoms with van der Waals surface area (Å²) in [5, 5.41) is 20.4. The largest absolute Gasteiger partial charge is 0.493 e. The van der Waals surface area contributed by atoms with Gasteiger partial charge in [0.05, 0.1) is 12.8 Å². The van der Waals surface area contributed by atoms with Crippen LogP contribution in [0.1, 0.15) is 5.56 Å². The van der Waals surface area contributed by atoms with Crippen molar-refractivity contribution < 1.29 is 28.6 Å². The second-order valence-electron chi connectivity index (χ2n) is 5.31. The van der Waals surface area contributed by atoms with Crippen molar-refractivity contribution in [2.75, 3.05) is 19.0 Å². The molecule has 2 N–H and O–H groups in total. The molecule has 9 heteroatoms. The molecule has 0 spiro atoms. The van der Waals surface area contributed by atoms with Crippen molar-refractivity contribution >= 4 is 39.6 Å². The first-order valence-corrected chi connectivity index (χ1v) is 8.54. The van der Waals surface area contributed by atoms with E-state index in [1.807, 2.05) is 0 Å². The van der Waals surface area contributed by atoms with E-state index in [4.69, 9.17) is 14.6 Å². The lowest BCUT2D eigenvalue weighted by Crippen LogP contribution is -2.14. The molecule has 2 aromatic carbocycles. The van der Waals surface area contributed by atoms with Crippen LogP contribution in [0.5, 0.6) is 11.5 Å². The number of methoxy groups -OCH3 is 1. The zero-order valence-electron chi connectivity index (χ0n) is 14.5. The Morgan fingerprint density at radius 3 is 2.64 bits per heavy atom. The predicted molar refractivity (Wildman–Crippen MR) is 102 cm³/mol. The number of aliphatic carboxylic acids is 1. The molecule has 0 heterocycles. The van der Waals surface area contributed by atoms with Gasteiger partial charge in [-0.2, -0.15) is 5.26 Å². The number of benzene rings is 2. The minimum absolute atomic E-state index is 0.0530. The molecule has 0 aliphatic rings. The molecule has 0 aliphatic carbocycles. The number of carbonyl (C=O) groups is 2. The maximum absolute atomic E-state index is 13.7. The van der Waals surface area contributed by atoms with E-state index in [0.717, 1.165) is 0 Å². The SMILES string of the molecule is COc1cc(/C=C(/C#N)C(=O)Nc2ccccc2F)c(Br)cc1OCC(=O)O. The van der Waals surface area contributed by atoms with Crippen LogP contribution in [0.2, 0.25) is 0 Å². The number of para-hydroxylation sites is 1. The minimum Gasteiger partial charge on any atom is -0.493 e. The second-order valence-corrected chi connectivity index (χ2v) is 6.17. The number of hydrogen-bond acceptors (Lipinski definition) is 5. The van der Waals surface area contributed by atoms with Crippen LogP contribution in [0.3, 0.4) is 0 Å². The highest BCUT2D eigenvalue weighted by Gasteiger charge is 2.15. The summed E-state index contributed by atoms with van der Waals surface area (Å²) in [6.07, 6.45) is 1.28. The van der Waals surface area contributed by atoms with E-state index in [0.29, 0.717) is 10.0 Å². The highest BCUT2D eigenvalue weighted by Crippen LogP contribution is 2.34. The number of amides is 1. The minimum atomic E-state index is -1.15. The maximum atomic E-state index is 13.7. The molecule has 2 rings (SSSR count). The number of hydrogen-bond donors (Lipinski definition) is 2. The van der Waals surface area contributed by atoms with Crippen LogP contribution in [0.25, 0.3) is 6.08 Å². The lowest BCUT2D eigenvalue weighted by molar-refractivity contribution is -0.139. The topological polar surface area (TPSA) is 109 Å². The highest BCUT2D eigenvalue weighted by atomic mass is 79.9. The van der Waals surface area contributed by atoms with Crippen LogP contribution in [-0.4, -0.2) is 30.7 Å². The molecular weight excluding hydrogens is 435 g/mol. The first-order chi connectivity index (χ1) is 13.3. The van der Waals surface area contributed by atoms with Gasteiger partial charge in [-0.25, -0.2) is 9.18 Å². The van der Waals surface area contributed by atoms with Gasteiger partial charge in [0.25, 0.3) is 5.91 Å². The smallest absolute Gasteiger partial charge is 0.341 e. The summed E-state index contributed by atoms with van der Waals surface area (Å²) < 4.78 is 24.4. The Kier molecular flexibility index (Phi) is 7.12. The molecule has 7 nitrogen and oxygen atoms in total. The van der Waals surface area contributed by atoms with Crippen molar-refractivity contribution in [1.82, 2.24) is 0 Å². The van der Waals surface area contributed by atoms with Crippen molar-refractivity contribution in [1.29, 1.82) is 5.26 Å². The van der Waals surface area contributed by atoms with Crippen LogP contribution in [0.15, 0.2) is 46.4 Å². The molecule has 0 saturated carbocycles. The average Bonchev–Trinajstić information content (AvgIpc) is 2.67. The number of carboxylic acid groups (broad SMARTS) is 1. The molecule has 0 bridgehead atoms. The van der Waals surface area contributed by atoms with E-state index in [9.17, 15) is 19.2 Å². The van der Waals surface area contributed by atoms with E-state index < -0.39 is 24.3 Å². The van der Waals surface area contributed by atoms with Gasteiger partial charge >= 0.3 is 5.97 Å². The monoisotopic (exact) mass is 448 g/mol. The molecule has 0 fully saturated rings. The van der Waals surface area contributed by atoms with Gasteiger partial charge < -0.3 is 19.9 Å². The molecule has 0 aromatic heterocycles. The van der Waals surface area contributed by atoms with Crippen LogP contribution < -0.4 is 14.8 Å². The Hall–Kier alpha value is -3.38. The zero-order chi connectivity index (χ0) is 20.7. The van der Waals surface area contributed by atoms with E-state index in [-0.39, 0.29) is 22.8 Å². The van der Waals surface area contributed by atoms with Crippen LogP contribution >= 0.6 is 15.9 Å². The van der Waals surface area contributed by atoms with Gasteiger partial charge in [0, 0.05) is 4.47 Å². The molecule has 144 valence electrons. The van der Waals surface area contributed by atoms with Gasteiger partial charge in [-0.05, 0) is 35.9 Å². The number of nitrogens with one attached hydrogen (secondary N) is 1. The summed E-state index contributed by atoms with van der Waals surface area (Å²) in [4.78, 5) is 23.0. The molecule has 0 radical (unpaired) electrons. The summed E-state index contributed by atoms with van der Waals surface area (Å²) in [6, 6.07) is 10.3. The lowest BCUT2D eigenvalue weighted by atomic mass is 10.1. The third-order valence-electron chi connectivity index (χ3n) is 3.42. The quantitative estimate of drug-likeness (QED) is 0.494. The summed E-state index contributed by atoms with van der Waals surface area (Å²) >= 11 is 3.27. The summed E-state index contributed by atoms with van der Waals surface area (Å²) in [6.45, 7) is -0.563. The molecule has 0 atom stereocenters. The average molecular weight is 449 g/mol. The van der Waals surface area contributed by atoms with Gasteiger partial charge in [-0.1, -0.05) is 28.1 Å². The van der Waals surface area contributed by atoms with Crippen molar-refractivity contribution in [3.63, 3.8) is 0 Å². The number of nitriles is 1. The van der Waals surface area contributed by atoms with Crippen molar-refractivity contribution in [2.24, 2.45) is 0 Å². The molecule has 2 aromatic rings. The van der Waals surface area contributed by atoms with Gasteiger partial charge in [-0.15, -0.1) is 0 Å². The molecular formula is C19H14BrFN2O5. The number of halogens is 2. The Morgan fingerprint density at radius 1 is 1.32 bits per heavy atom. The van der Waals surface area contributed by atoms with Crippen LogP contribution in [0.4, 0.5) is 10.1 Å². The van der Waals surface area contributed by atoms with Gasteiger partial charge in [0.1, 0.15) is 17.5 Å². The highest BCUT2D eigenvalue weighted by molar-refractivity contribution is 9.10. The van der Waals surface area contributed by atoms with Crippen molar-refractivity contribution in [3.8, 4) is 17.6 Å². The standard InChI is InChI=1S/C19H14BrFN2O5/c1-27-16-7-11(13(20)8-17(16)28-10-18(24)25)6-12(9-22)19(26)23-15-5-3-2-4-14(15)21/h2-8H,10H2,1H3,(H,23,26)(H,24,25)/b12-6-. The fourth-order valence-corrected chi connectivity index (χ4v) is 2.57. The second kappa shape index (κ2) is 9.53. The number of carboxylic acids is 1. The lowest BCUT2D eigenvalue weighted by Gasteiger charge is -2.12. The number of ether oxygens (including phenoxy) is 2. The van der Waals surface area contributed by atoms with Crippen molar-refractivity contribution in [3.05, 3.63) is 57.8 Å². The van der Waals surface area contributed by atoms with Crippen LogP contribution in [0, 0.1) is 17.1 Å². The fraction of sp³-hybridized carbons (Fsp3) is 0.105. The van der Waals surface area contributed by atoms with Gasteiger partial charge in [0.2, 0.25) is 0 Å². The molecule has 0 aliphatic heterocycles. The Labute approximate surface area is 168 Å². The maximum Gasteiger partial charge on any atom is 0.341 e. The Balaban J connectivity index is 2.32. The summed E-state index contributed by atoms with van der Waals surface area (Å²) in [5.74, 6) is -2.19. The van der Waals surface area contributed by atoms with Crippen molar-refractivity contribution in [2.45, 2.75) is 0 Å². The predicted octanol–water partition coefficient (Wildman–Crippen LogP) is 3.61. The number of rotatable bonds is 7. The normalized spacial score (nSPS) is 10.7. The Morgan fingerprint density at radius 2 is 2.04 bits per heavy atom. The number of anilines is 1. The van der Waals surface area contributed by atoms with E-state index in [1.165, 1.54) is 43.5 Å². The van der Waals surface area contributed by atoms with E-state index in [1.54, 1.807) is 12.1 Å². The first-order valence-electron chi connectivity index (χ1n) is 7.75. The first kappa shape index (κ1) is 20.9. The number of carbonyl (C=O) groups excluding carboxylic acids is 1. The summed E-state index contributed by atoms with van der Waals surface area (Å²) in [5.41, 5.74) is 0.0766. The zero-order valence-corrected chi connectivity index (χ0v) is 16.1.